The molecule has 0 radical (unpaired) electrons. The fraction of sp³-hybridized carbons (Fsp3) is 0.0769. The largest absolute Gasteiger partial charge is 0.384 e. The molecule has 3 N–H and O–H groups in total. The van der Waals surface area contributed by atoms with Crippen molar-refractivity contribution in [3.05, 3.63) is 52.1 Å². The van der Waals surface area contributed by atoms with E-state index in [1.165, 1.54) is 6.20 Å². The molecule has 0 unspecified atom stereocenters. The number of pyridine rings is 1. The molecule has 0 bridgehead atoms. The molecular weight excluding hydrogens is 294 g/mol. The molecule has 92 valence electrons. The average Bonchev–Trinajstić information content (AvgIpc) is 2.35. The molecule has 4 nitrogen and oxygen atoms in total. The number of hydrogen-bond donors (Lipinski definition) is 2. The highest BCUT2D eigenvalue weighted by Gasteiger charge is 2.09. The van der Waals surface area contributed by atoms with Crippen molar-refractivity contribution in [1.82, 2.24) is 4.98 Å². The summed E-state index contributed by atoms with van der Waals surface area (Å²) in [5, 5.41) is 2.83. The monoisotopic (exact) mass is 305 g/mol. The van der Waals surface area contributed by atoms with Gasteiger partial charge in [-0.2, -0.15) is 0 Å². The summed E-state index contributed by atoms with van der Waals surface area (Å²) in [6, 6.07) is 8.84. The molecule has 18 heavy (non-hydrogen) atoms. The van der Waals surface area contributed by atoms with Gasteiger partial charge in [0, 0.05) is 16.2 Å². The first kappa shape index (κ1) is 12.6. The van der Waals surface area contributed by atoms with Crippen molar-refractivity contribution in [1.29, 1.82) is 0 Å². The van der Waals surface area contributed by atoms with Gasteiger partial charge in [-0.15, -0.1) is 0 Å². The van der Waals surface area contributed by atoms with Crippen LogP contribution in [0.3, 0.4) is 0 Å². The maximum absolute atomic E-state index is 12.0. The maximum Gasteiger partial charge on any atom is 0.255 e. The van der Waals surface area contributed by atoms with E-state index in [4.69, 9.17) is 5.73 Å². The van der Waals surface area contributed by atoms with Crippen LogP contribution in [-0.4, -0.2) is 10.9 Å². The molecule has 5 heteroatoms. The zero-order valence-corrected chi connectivity index (χ0v) is 11.4. The fourth-order valence-electron chi connectivity index (χ4n) is 1.53. The zero-order chi connectivity index (χ0) is 13.1. The highest BCUT2D eigenvalue weighted by atomic mass is 79.9. The van der Waals surface area contributed by atoms with E-state index in [0.717, 1.165) is 15.7 Å². The van der Waals surface area contributed by atoms with E-state index < -0.39 is 0 Å². The van der Waals surface area contributed by atoms with E-state index in [0.29, 0.717) is 11.4 Å². The summed E-state index contributed by atoms with van der Waals surface area (Å²) in [5.41, 5.74) is 7.82. The third-order valence-electron chi connectivity index (χ3n) is 2.48. The molecule has 0 atom stereocenters. The Morgan fingerprint density at radius 2 is 2.17 bits per heavy atom. The van der Waals surface area contributed by atoms with Crippen LogP contribution in [0.4, 0.5) is 11.5 Å². The van der Waals surface area contributed by atoms with Crippen LogP contribution in [0.15, 0.2) is 41.0 Å². The highest BCUT2D eigenvalue weighted by Crippen LogP contribution is 2.26. The summed E-state index contributed by atoms with van der Waals surface area (Å²) in [4.78, 5) is 15.9. The molecule has 0 saturated carbocycles. The first-order valence-corrected chi connectivity index (χ1v) is 6.15. The molecule has 2 rings (SSSR count). The maximum atomic E-state index is 12.0. The van der Waals surface area contributed by atoms with Crippen molar-refractivity contribution in [3.63, 3.8) is 0 Å². The van der Waals surface area contributed by atoms with E-state index in [1.807, 2.05) is 25.1 Å². The van der Waals surface area contributed by atoms with Crippen LogP contribution in [0.25, 0.3) is 0 Å². The lowest BCUT2D eigenvalue weighted by Crippen LogP contribution is -2.13. The number of hydrogen-bond acceptors (Lipinski definition) is 3. The number of aryl methyl sites for hydroxylation is 1. The van der Waals surface area contributed by atoms with Gasteiger partial charge in [-0.25, -0.2) is 4.98 Å². The van der Waals surface area contributed by atoms with Gasteiger partial charge in [0.05, 0.1) is 5.69 Å². The van der Waals surface area contributed by atoms with E-state index in [2.05, 4.69) is 26.2 Å². The Bertz CT molecular complexity index is 599. The SMILES string of the molecule is Cc1cccc(NC(=O)c2ccnc(N)c2)c1Br. The lowest BCUT2D eigenvalue weighted by atomic mass is 10.2. The van der Waals surface area contributed by atoms with Gasteiger partial charge in [-0.1, -0.05) is 12.1 Å². The number of anilines is 2. The second-order valence-corrected chi connectivity index (χ2v) is 4.65. The topological polar surface area (TPSA) is 68.0 Å². The summed E-state index contributed by atoms with van der Waals surface area (Å²) in [6.07, 6.45) is 1.51. The van der Waals surface area contributed by atoms with Crippen LogP contribution in [0.1, 0.15) is 15.9 Å². The molecule has 0 aliphatic carbocycles. The number of rotatable bonds is 2. The molecule has 0 aliphatic rings. The van der Waals surface area contributed by atoms with Gasteiger partial charge in [0.15, 0.2) is 0 Å². The van der Waals surface area contributed by atoms with E-state index in [1.54, 1.807) is 12.1 Å². The normalized spacial score (nSPS) is 10.1. The number of nitrogen functional groups attached to an aromatic ring is 1. The summed E-state index contributed by atoms with van der Waals surface area (Å²) in [7, 11) is 0. The summed E-state index contributed by atoms with van der Waals surface area (Å²) >= 11 is 3.44. The Kier molecular flexibility index (Phi) is 3.62. The Labute approximate surface area is 113 Å². The van der Waals surface area contributed by atoms with E-state index in [9.17, 15) is 4.79 Å². The van der Waals surface area contributed by atoms with Crippen molar-refractivity contribution in [2.75, 3.05) is 11.1 Å². The number of carbonyl (C=O) groups is 1. The predicted molar refractivity (Wildman–Crippen MR) is 75.5 cm³/mol. The van der Waals surface area contributed by atoms with Crippen molar-refractivity contribution in [2.24, 2.45) is 0 Å². The third kappa shape index (κ3) is 2.68. The van der Waals surface area contributed by atoms with Gasteiger partial charge in [0.25, 0.3) is 5.91 Å². The molecule has 1 aromatic carbocycles. The summed E-state index contributed by atoms with van der Waals surface area (Å²) in [5.74, 6) is 0.112. The molecule has 0 fully saturated rings. The number of carbonyl (C=O) groups excluding carboxylic acids is 1. The Hall–Kier alpha value is -1.88. The minimum Gasteiger partial charge on any atom is -0.384 e. The zero-order valence-electron chi connectivity index (χ0n) is 9.77. The molecule has 1 amide bonds. The Balaban J connectivity index is 2.24. The molecule has 0 spiro atoms. The second-order valence-electron chi connectivity index (χ2n) is 3.86. The quantitative estimate of drug-likeness (QED) is 0.896. The standard InChI is InChI=1S/C13H12BrN3O/c1-8-3-2-4-10(12(8)14)17-13(18)9-5-6-16-11(15)7-9/h2-7H,1H3,(H2,15,16)(H,17,18). The van der Waals surface area contributed by atoms with Crippen LogP contribution >= 0.6 is 15.9 Å². The first-order valence-electron chi connectivity index (χ1n) is 5.36. The van der Waals surface area contributed by atoms with Gasteiger partial charge in [-0.3, -0.25) is 4.79 Å². The Morgan fingerprint density at radius 1 is 1.39 bits per heavy atom. The second kappa shape index (κ2) is 5.18. The van der Waals surface area contributed by atoms with Gasteiger partial charge >= 0.3 is 0 Å². The van der Waals surface area contributed by atoms with Crippen molar-refractivity contribution in [2.45, 2.75) is 6.92 Å². The van der Waals surface area contributed by atoms with Gasteiger partial charge in [0.1, 0.15) is 5.82 Å². The minimum atomic E-state index is -0.213. The number of amides is 1. The molecule has 0 aliphatic heterocycles. The van der Waals surface area contributed by atoms with Crippen LogP contribution in [0.5, 0.6) is 0 Å². The number of nitrogens with one attached hydrogen (secondary N) is 1. The predicted octanol–water partition coefficient (Wildman–Crippen LogP) is 2.99. The van der Waals surface area contributed by atoms with Crippen LogP contribution in [-0.2, 0) is 0 Å². The Morgan fingerprint density at radius 3 is 2.89 bits per heavy atom. The van der Waals surface area contributed by atoms with Crippen LogP contribution < -0.4 is 11.1 Å². The average molecular weight is 306 g/mol. The third-order valence-corrected chi connectivity index (χ3v) is 3.54. The molecule has 2 aromatic rings. The van der Waals surface area contributed by atoms with Crippen LogP contribution in [0.2, 0.25) is 0 Å². The number of benzene rings is 1. The molecule has 1 heterocycles. The minimum absolute atomic E-state index is 0.213. The lowest BCUT2D eigenvalue weighted by Gasteiger charge is -2.09. The van der Waals surface area contributed by atoms with Crippen molar-refractivity contribution < 1.29 is 4.79 Å². The molecular formula is C13H12BrN3O. The first-order chi connectivity index (χ1) is 8.58. The van der Waals surface area contributed by atoms with Crippen molar-refractivity contribution >= 4 is 33.3 Å². The fourth-order valence-corrected chi connectivity index (χ4v) is 1.89. The van der Waals surface area contributed by atoms with Gasteiger partial charge in [0.2, 0.25) is 0 Å². The smallest absolute Gasteiger partial charge is 0.255 e. The van der Waals surface area contributed by atoms with E-state index in [-0.39, 0.29) is 5.91 Å². The van der Waals surface area contributed by atoms with Crippen LogP contribution in [0, 0.1) is 6.92 Å². The van der Waals surface area contributed by atoms with Crippen molar-refractivity contribution in [3.8, 4) is 0 Å². The molecule has 1 aromatic heterocycles. The van der Waals surface area contributed by atoms with E-state index >= 15 is 0 Å². The van der Waals surface area contributed by atoms with Gasteiger partial charge < -0.3 is 11.1 Å². The highest BCUT2D eigenvalue weighted by molar-refractivity contribution is 9.10. The number of halogens is 1. The summed E-state index contributed by atoms with van der Waals surface area (Å²) < 4.78 is 0.875. The summed E-state index contributed by atoms with van der Waals surface area (Å²) in [6.45, 7) is 1.96. The number of aromatic nitrogens is 1. The number of nitrogens with zero attached hydrogens (tertiary/aromatic N) is 1. The number of nitrogens with two attached hydrogens (primary N) is 1. The van der Waals surface area contributed by atoms with Gasteiger partial charge in [-0.05, 0) is 46.6 Å². The molecule has 0 saturated heterocycles. The lowest BCUT2D eigenvalue weighted by molar-refractivity contribution is 0.102.